The molecule has 5 nitrogen and oxygen atoms in total. The van der Waals surface area contributed by atoms with Crippen LogP contribution in [0.2, 0.25) is 0 Å². The van der Waals surface area contributed by atoms with Gasteiger partial charge in [-0.2, -0.15) is 5.10 Å². The third-order valence-corrected chi connectivity index (χ3v) is 5.38. The minimum Gasteiger partial charge on any atom is -0.507 e. The molecule has 0 saturated carbocycles. The minimum absolute atomic E-state index is 0.0439. The van der Waals surface area contributed by atoms with Gasteiger partial charge in [0.1, 0.15) is 23.9 Å². The van der Waals surface area contributed by atoms with Crippen LogP contribution in [0, 0.1) is 9.39 Å². The molecule has 0 bridgehead atoms. The highest BCUT2D eigenvalue weighted by Crippen LogP contribution is 2.26. The van der Waals surface area contributed by atoms with E-state index in [9.17, 15) is 14.3 Å². The Bertz CT molecular complexity index is 1060. The number of rotatable bonds is 6. The molecule has 0 atom stereocenters. The fourth-order valence-corrected chi connectivity index (χ4v) is 3.19. The summed E-state index contributed by atoms with van der Waals surface area (Å²) in [5.74, 6) is -0.0389. The number of benzene rings is 3. The van der Waals surface area contributed by atoms with E-state index in [-0.39, 0.29) is 11.6 Å². The molecular weight excluding hydrogens is 554 g/mol. The fraction of sp³-hybridized carbons (Fsp3) is 0.0476. The Hall–Kier alpha value is -2.46. The van der Waals surface area contributed by atoms with Crippen LogP contribution in [0.25, 0.3) is 0 Å². The van der Waals surface area contributed by atoms with Gasteiger partial charge >= 0.3 is 0 Å². The molecule has 2 N–H and O–H groups in total. The first kappa shape index (κ1) is 21.3. The van der Waals surface area contributed by atoms with Gasteiger partial charge in [-0.05, 0) is 98.2 Å². The summed E-state index contributed by atoms with van der Waals surface area (Å²) in [6, 6.07) is 16.1. The summed E-state index contributed by atoms with van der Waals surface area (Å²) in [5, 5.41) is 13.6. The van der Waals surface area contributed by atoms with Gasteiger partial charge in [-0.15, -0.1) is 0 Å². The highest BCUT2D eigenvalue weighted by molar-refractivity contribution is 14.1. The average molecular weight is 569 g/mol. The lowest BCUT2D eigenvalue weighted by Gasteiger charge is -2.09. The molecule has 148 valence electrons. The van der Waals surface area contributed by atoms with Crippen LogP contribution in [0.15, 0.2) is 70.2 Å². The highest BCUT2D eigenvalue weighted by atomic mass is 127. The second-order valence-corrected chi connectivity index (χ2v) is 7.99. The lowest BCUT2D eigenvalue weighted by atomic mass is 10.2. The predicted molar refractivity (Wildman–Crippen MR) is 121 cm³/mol. The molecule has 0 aliphatic heterocycles. The second-order valence-electron chi connectivity index (χ2n) is 5.97. The monoisotopic (exact) mass is 568 g/mol. The number of hydrogen-bond acceptors (Lipinski definition) is 4. The van der Waals surface area contributed by atoms with E-state index in [1.54, 1.807) is 42.5 Å². The first-order valence-corrected chi connectivity index (χ1v) is 10.3. The Kier molecular flexibility index (Phi) is 7.21. The van der Waals surface area contributed by atoms with Crippen molar-refractivity contribution in [2.75, 3.05) is 0 Å². The summed E-state index contributed by atoms with van der Waals surface area (Å²) in [7, 11) is 0. The number of aromatic hydroxyl groups is 1. The van der Waals surface area contributed by atoms with Gasteiger partial charge in [0.05, 0.1) is 14.3 Å². The molecule has 0 spiro atoms. The maximum absolute atomic E-state index is 12.9. The predicted octanol–water partition coefficient (Wildman–Crippen LogP) is 5.24. The van der Waals surface area contributed by atoms with Gasteiger partial charge in [-0.25, -0.2) is 9.82 Å². The Morgan fingerprint density at radius 1 is 1.17 bits per heavy atom. The molecule has 0 aromatic heterocycles. The van der Waals surface area contributed by atoms with Gasteiger partial charge in [-0.3, -0.25) is 4.79 Å². The summed E-state index contributed by atoms with van der Waals surface area (Å²) >= 11 is 5.42. The molecule has 3 rings (SSSR count). The molecule has 0 radical (unpaired) electrons. The Morgan fingerprint density at radius 2 is 1.93 bits per heavy atom. The van der Waals surface area contributed by atoms with Crippen molar-refractivity contribution in [3.63, 3.8) is 0 Å². The molecule has 0 heterocycles. The molecule has 0 aliphatic carbocycles. The molecule has 0 aliphatic rings. The number of halogens is 3. The summed E-state index contributed by atoms with van der Waals surface area (Å²) in [4.78, 5) is 12.1. The van der Waals surface area contributed by atoms with E-state index in [4.69, 9.17) is 4.74 Å². The van der Waals surface area contributed by atoms with Gasteiger partial charge in [0.15, 0.2) is 0 Å². The van der Waals surface area contributed by atoms with Crippen LogP contribution in [-0.4, -0.2) is 17.2 Å². The zero-order chi connectivity index (χ0) is 20.8. The normalized spacial score (nSPS) is 10.9. The summed E-state index contributed by atoms with van der Waals surface area (Å²) < 4.78 is 20.1. The molecule has 29 heavy (non-hydrogen) atoms. The zero-order valence-electron chi connectivity index (χ0n) is 14.9. The van der Waals surface area contributed by atoms with Crippen LogP contribution in [0.4, 0.5) is 4.39 Å². The van der Waals surface area contributed by atoms with Crippen molar-refractivity contribution in [2.24, 2.45) is 5.10 Å². The number of carbonyl (C=O) groups is 1. The van der Waals surface area contributed by atoms with Crippen molar-refractivity contribution in [1.82, 2.24) is 5.43 Å². The number of carbonyl (C=O) groups excluding carboxylic acids is 1. The van der Waals surface area contributed by atoms with Gasteiger partial charge in [0.2, 0.25) is 0 Å². The molecule has 0 unspecified atom stereocenters. The summed E-state index contributed by atoms with van der Waals surface area (Å²) in [5.41, 5.74) is 4.33. The quantitative estimate of drug-likeness (QED) is 0.243. The third kappa shape index (κ3) is 6.01. The number of phenols is 1. The van der Waals surface area contributed by atoms with Crippen LogP contribution in [0.1, 0.15) is 21.5 Å². The molecule has 1 amide bonds. The van der Waals surface area contributed by atoms with Crippen molar-refractivity contribution in [1.29, 1.82) is 0 Å². The van der Waals surface area contributed by atoms with Crippen LogP contribution >= 0.6 is 38.5 Å². The van der Waals surface area contributed by atoms with Gasteiger partial charge in [0, 0.05) is 5.56 Å². The maximum Gasteiger partial charge on any atom is 0.271 e. The molecule has 8 heteroatoms. The van der Waals surface area contributed by atoms with Crippen molar-refractivity contribution in [3.05, 3.63) is 91.2 Å². The number of hydrazone groups is 1. The molecular formula is C21H15BrFIN2O3. The van der Waals surface area contributed by atoms with Crippen LogP contribution in [0.3, 0.4) is 0 Å². The molecule has 3 aromatic carbocycles. The van der Waals surface area contributed by atoms with Gasteiger partial charge < -0.3 is 9.84 Å². The van der Waals surface area contributed by atoms with E-state index >= 15 is 0 Å². The zero-order valence-corrected chi connectivity index (χ0v) is 18.6. The van der Waals surface area contributed by atoms with Gasteiger partial charge in [-0.1, -0.05) is 12.1 Å². The van der Waals surface area contributed by atoms with Crippen molar-refractivity contribution < 1.29 is 19.0 Å². The standard InChI is InChI=1S/C21H15BrFIN2O3/c22-17-9-14(3-8-20(17)29-12-13-1-5-16(23)6-2-13)11-25-26-21(28)15-4-7-18(24)19(27)10-15/h1-11,27H,12H2,(H,26,28)/b25-11-. The smallest absolute Gasteiger partial charge is 0.271 e. The second kappa shape index (κ2) is 9.84. The first-order valence-electron chi connectivity index (χ1n) is 8.41. The van der Waals surface area contributed by atoms with Crippen LogP contribution in [-0.2, 0) is 6.61 Å². The summed E-state index contributed by atoms with van der Waals surface area (Å²) in [6.07, 6.45) is 1.50. The number of ether oxygens (including phenoxy) is 1. The summed E-state index contributed by atoms with van der Waals surface area (Å²) in [6.45, 7) is 0.311. The topological polar surface area (TPSA) is 70.9 Å². The Labute approximate surface area is 188 Å². The Balaban J connectivity index is 1.58. The lowest BCUT2D eigenvalue weighted by molar-refractivity contribution is 0.0954. The number of nitrogens with zero attached hydrogens (tertiary/aromatic N) is 1. The number of hydrogen-bond donors (Lipinski definition) is 2. The van der Waals surface area contributed by atoms with Gasteiger partial charge in [0.25, 0.3) is 5.91 Å². The average Bonchev–Trinajstić information content (AvgIpc) is 2.70. The third-order valence-electron chi connectivity index (χ3n) is 3.85. The van der Waals surface area contributed by atoms with Crippen LogP contribution in [0.5, 0.6) is 11.5 Å². The van der Waals surface area contributed by atoms with E-state index in [2.05, 4.69) is 26.5 Å². The highest BCUT2D eigenvalue weighted by Gasteiger charge is 2.07. The minimum atomic E-state index is -0.425. The van der Waals surface area contributed by atoms with E-state index < -0.39 is 5.91 Å². The van der Waals surface area contributed by atoms with E-state index in [1.807, 2.05) is 22.6 Å². The van der Waals surface area contributed by atoms with E-state index in [0.717, 1.165) is 15.6 Å². The van der Waals surface area contributed by atoms with Crippen molar-refractivity contribution in [2.45, 2.75) is 6.61 Å². The molecule has 3 aromatic rings. The van der Waals surface area contributed by atoms with Crippen molar-refractivity contribution >= 4 is 50.6 Å². The Morgan fingerprint density at radius 3 is 2.62 bits per heavy atom. The molecule has 0 saturated heterocycles. The fourth-order valence-electron chi connectivity index (χ4n) is 2.34. The lowest BCUT2D eigenvalue weighted by Crippen LogP contribution is -2.17. The van der Waals surface area contributed by atoms with E-state index in [1.165, 1.54) is 24.4 Å². The number of amides is 1. The largest absolute Gasteiger partial charge is 0.507 e. The molecule has 0 fully saturated rings. The van der Waals surface area contributed by atoms with Crippen LogP contribution < -0.4 is 10.2 Å². The maximum atomic E-state index is 12.9. The first-order chi connectivity index (χ1) is 13.9. The van der Waals surface area contributed by atoms with E-state index in [0.29, 0.717) is 21.5 Å². The number of nitrogens with one attached hydrogen (secondary N) is 1. The van der Waals surface area contributed by atoms with Crippen molar-refractivity contribution in [3.8, 4) is 11.5 Å². The SMILES string of the molecule is O=C(N/N=C\c1ccc(OCc2ccc(F)cc2)c(Br)c1)c1ccc(I)c(O)c1. The number of phenolic OH excluding ortho intramolecular Hbond substituents is 1.